The lowest BCUT2D eigenvalue weighted by atomic mass is 10.1. The van der Waals surface area contributed by atoms with E-state index in [1.807, 2.05) is 42.5 Å². The summed E-state index contributed by atoms with van der Waals surface area (Å²) in [4.78, 5) is 4.53. The average Bonchev–Trinajstić information content (AvgIpc) is 2.96. The zero-order valence-corrected chi connectivity index (χ0v) is 14.1. The molecule has 0 saturated heterocycles. The second-order valence-electron chi connectivity index (χ2n) is 4.54. The SMILES string of the molecule is COc1ccc(Br)cc1/C=C(/C#N)c1nc2ccccc2s1. The highest BCUT2D eigenvalue weighted by Crippen LogP contribution is 2.31. The Hall–Kier alpha value is -2.16. The van der Waals surface area contributed by atoms with E-state index in [4.69, 9.17) is 4.74 Å². The minimum atomic E-state index is 0.526. The molecule has 0 unspecified atom stereocenters. The minimum absolute atomic E-state index is 0.526. The summed E-state index contributed by atoms with van der Waals surface area (Å²) >= 11 is 4.95. The summed E-state index contributed by atoms with van der Waals surface area (Å²) in [5.74, 6) is 0.720. The Morgan fingerprint density at radius 3 is 2.86 bits per heavy atom. The summed E-state index contributed by atoms with van der Waals surface area (Å²) in [5.41, 5.74) is 2.27. The molecule has 3 rings (SSSR count). The maximum atomic E-state index is 9.49. The number of para-hydroxylation sites is 1. The number of fused-ring (bicyclic) bond motifs is 1. The molecule has 0 radical (unpaired) electrons. The maximum absolute atomic E-state index is 9.49. The van der Waals surface area contributed by atoms with Crippen molar-refractivity contribution in [3.8, 4) is 11.8 Å². The molecule has 0 saturated carbocycles. The molecular formula is C17H11BrN2OS. The van der Waals surface area contributed by atoms with Gasteiger partial charge >= 0.3 is 0 Å². The molecule has 0 spiro atoms. The number of halogens is 1. The predicted molar refractivity (Wildman–Crippen MR) is 93.8 cm³/mol. The van der Waals surface area contributed by atoms with Crippen molar-refractivity contribution >= 4 is 49.1 Å². The van der Waals surface area contributed by atoms with Crippen molar-refractivity contribution in [2.45, 2.75) is 0 Å². The largest absolute Gasteiger partial charge is 0.496 e. The molecule has 1 aromatic heterocycles. The highest BCUT2D eigenvalue weighted by molar-refractivity contribution is 9.10. The number of methoxy groups -OCH3 is 1. The van der Waals surface area contributed by atoms with Gasteiger partial charge in [0, 0.05) is 10.0 Å². The normalized spacial score (nSPS) is 11.4. The van der Waals surface area contributed by atoms with Crippen LogP contribution in [0.15, 0.2) is 46.9 Å². The lowest BCUT2D eigenvalue weighted by Crippen LogP contribution is -1.88. The first-order chi connectivity index (χ1) is 10.7. The van der Waals surface area contributed by atoms with Crippen molar-refractivity contribution in [2.75, 3.05) is 7.11 Å². The van der Waals surface area contributed by atoms with Gasteiger partial charge in [-0.1, -0.05) is 28.1 Å². The van der Waals surface area contributed by atoms with Gasteiger partial charge in [-0.2, -0.15) is 5.26 Å². The monoisotopic (exact) mass is 370 g/mol. The van der Waals surface area contributed by atoms with E-state index in [0.29, 0.717) is 10.6 Å². The predicted octanol–water partition coefficient (Wildman–Crippen LogP) is 5.13. The van der Waals surface area contributed by atoms with E-state index in [0.717, 1.165) is 26.0 Å². The highest BCUT2D eigenvalue weighted by Gasteiger charge is 2.10. The van der Waals surface area contributed by atoms with Gasteiger partial charge < -0.3 is 4.74 Å². The third-order valence-corrected chi connectivity index (χ3v) is 4.70. The molecule has 0 N–H and O–H groups in total. The van der Waals surface area contributed by atoms with E-state index in [-0.39, 0.29) is 0 Å². The van der Waals surface area contributed by atoms with Gasteiger partial charge in [0.2, 0.25) is 0 Å². The number of allylic oxidation sites excluding steroid dienone is 1. The number of nitriles is 1. The van der Waals surface area contributed by atoms with Crippen LogP contribution in [0.3, 0.4) is 0 Å². The Morgan fingerprint density at radius 1 is 1.32 bits per heavy atom. The average molecular weight is 371 g/mol. The molecule has 22 heavy (non-hydrogen) atoms. The first-order valence-corrected chi connectivity index (χ1v) is 8.13. The number of hydrogen-bond donors (Lipinski definition) is 0. The van der Waals surface area contributed by atoms with Crippen LogP contribution in [0.1, 0.15) is 10.6 Å². The Balaban J connectivity index is 2.11. The quantitative estimate of drug-likeness (QED) is 0.600. The summed E-state index contributed by atoms with van der Waals surface area (Å²) in [7, 11) is 1.62. The molecule has 0 bridgehead atoms. The van der Waals surface area contributed by atoms with Crippen LogP contribution < -0.4 is 4.74 Å². The summed E-state index contributed by atoms with van der Waals surface area (Å²) in [6, 6.07) is 15.8. The van der Waals surface area contributed by atoms with Crippen molar-refractivity contribution < 1.29 is 4.74 Å². The molecule has 0 atom stereocenters. The van der Waals surface area contributed by atoms with Gasteiger partial charge in [-0.25, -0.2) is 4.98 Å². The van der Waals surface area contributed by atoms with E-state index >= 15 is 0 Å². The molecule has 3 aromatic rings. The maximum Gasteiger partial charge on any atom is 0.135 e. The zero-order chi connectivity index (χ0) is 15.5. The van der Waals surface area contributed by atoms with Crippen LogP contribution in [0.25, 0.3) is 21.9 Å². The molecule has 0 aliphatic rings. The molecule has 108 valence electrons. The van der Waals surface area contributed by atoms with Crippen LogP contribution in [0.5, 0.6) is 5.75 Å². The number of thiazole rings is 1. The summed E-state index contributed by atoms with van der Waals surface area (Å²) in [6.45, 7) is 0. The smallest absolute Gasteiger partial charge is 0.135 e. The van der Waals surface area contributed by atoms with E-state index in [1.165, 1.54) is 11.3 Å². The van der Waals surface area contributed by atoms with Crippen molar-refractivity contribution in [3.05, 3.63) is 57.5 Å². The van der Waals surface area contributed by atoms with Crippen LogP contribution in [0, 0.1) is 11.3 Å². The molecule has 1 heterocycles. The fourth-order valence-corrected chi connectivity index (χ4v) is 3.41. The van der Waals surface area contributed by atoms with Crippen LogP contribution in [-0.4, -0.2) is 12.1 Å². The van der Waals surface area contributed by atoms with Crippen LogP contribution in [0.4, 0.5) is 0 Å². The molecule has 0 aliphatic heterocycles. The van der Waals surface area contributed by atoms with Crippen molar-refractivity contribution in [1.29, 1.82) is 5.26 Å². The number of ether oxygens (including phenoxy) is 1. The van der Waals surface area contributed by atoms with Crippen LogP contribution in [-0.2, 0) is 0 Å². The molecule has 0 fully saturated rings. The number of rotatable bonds is 3. The second-order valence-corrected chi connectivity index (χ2v) is 6.49. The highest BCUT2D eigenvalue weighted by atomic mass is 79.9. The summed E-state index contributed by atoms with van der Waals surface area (Å²) in [5, 5.41) is 10.2. The Labute approximate surface area is 140 Å². The third kappa shape index (κ3) is 2.89. The van der Waals surface area contributed by atoms with E-state index in [1.54, 1.807) is 13.2 Å². The minimum Gasteiger partial charge on any atom is -0.496 e. The van der Waals surface area contributed by atoms with Crippen molar-refractivity contribution in [1.82, 2.24) is 4.98 Å². The second kappa shape index (κ2) is 6.30. The molecule has 3 nitrogen and oxygen atoms in total. The van der Waals surface area contributed by atoms with Gasteiger partial charge in [0.05, 0.1) is 22.9 Å². The summed E-state index contributed by atoms with van der Waals surface area (Å²) in [6.07, 6.45) is 1.81. The summed E-state index contributed by atoms with van der Waals surface area (Å²) < 4.78 is 7.35. The van der Waals surface area contributed by atoms with Gasteiger partial charge in [-0.05, 0) is 36.4 Å². The molecular weight excluding hydrogens is 360 g/mol. The standard InChI is InChI=1S/C17H11BrN2OS/c1-21-15-7-6-13(18)9-11(15)8-12(10-19)17-20-14-4-2-3-5-16(14)22-17/h2-9H,1H3/b12-8-. The zero-order valence-electron chi connectivity index (χ0n) is 11.7. The first-order valence-electron chi connectivity index (χ1n) is 6.52. The first kappa shape index (κ1) is 14.8. The Morgan fingerprint density at radius 2 is 2.14 bits per heavy atom. The molecule has 0 amide bonds. The van der Waals surface area contributed by atoms with Crippen LogP contribution in [0.2, 0.25) is 0 Å². The van der Waals surface area contributed by atoms with E-state index in [9.17, 15) is 5.26 Å². The van der Waals surface area contributed by atoms with Gasteiger partial charge in [0.25, 0.3) is 0 Å². The molecule has 5 heteroatoms. The lowest BCUT2D eigenvalue weighted by molar-refractivity contribution is 0.414. The van der Waals surface area contributed by atoms with Crippen molar-refractivity contribution in [3.63, 3.8) is 0 Å². The number of hydrogen-bond acceptors (Lipinski definition) is 4. The molecule has 2 aromatic carbocycles. The third-order valence-electron chi connectivity index (χ3n) is 3.14. The molecule has 0 aliphatic carbocycles. The van der Waals surface area contributed by atoms with Crippen molar-refractivity contribution in [2.24, 2.45) is 0 Å². The fourth-order valence-electron chi connectivity index (χ4n) is 2.10. The van der Waals surface area contributed by atoms with Crippen LogP contribution >= 0.6 is 27.3 Å². The number of nitrogens with zero attached hydrogens (tertiary/aromatic N) is 2. The lowest BCUT2D eigenvalue weighted by Gasteiger charge is -2.05. The number of aromatic nitrogens is 1. The topological polar surface area (TPSA) is 45.9 Å². The van der Waals surface area contributed by atoms with Gasteiger partial charge in [-0.15, -0.1) is 11.3 Å². The number of benzene rings is 2. The Kier molecular flexibility index (Phi) is 4.23. The fraction of sp³-hybridized carbons (Fsp3) is 0.0588. The van der Waals surface area contributed by atoms with Gasteiger partial charge in [-0.3, -0.25) is 0 Å². The van der Waals surface area contributed by atoms with Gasteiger partial charge in [0.15, 0.2) is 0 Å². The van der Waals surface area contributed by atoms with E-state index in [2.05, 4.69) is 27.0 Å². The Bertz CT molecular complexity index is 875. The van der Waals surface area contributed by atoms with Gasteiger partial charge in [0.1, 0.15) is 16.8 Å². The van der Waals surface area contributed by atoms with E-state index < -0.39 is 0 Å².